The number of carboxylic acid groups (broad SMARTS) is 1. The fourth-order valence-electron chi connectivity index (χ4n) is 4.37. The zero-order chi connectivity index (χ0) is 22.2. The van der Waals surface area contributed by atoms with Gasteiger partial charge in [-0.25, -0.2) is 4.79 Å². The maximum Gasteiger partial charge on any atom is 0.336 e. The summed E-state index contributed by atoms with van der Waals surface area (Å²) < 4.78 is 1.81. The summed E-state index contributed by atoms with van der Waals surface area (Å²) in [5.74, 6) is -0.959. The second-order valence-corrected chi connectivity index (χ2v) is 7.74. The maximum atomic E-state index is 11.7. The summed E-state index contributed by atoms with van der Waals surface area (Å²) in [6.45, 7) is 0.287. The summed E-state index contributed by atoms with van der Waals surface area (Å²) in [5, 5.41) is 25.1. The maximum absolute atomic E-state index is 11.7. The lowest BCUT2D eigenvalue weighted by Crippen LogP contribution is -2.10. The predicted molar refractivity (Wildman–Crippen MR) is 124 cm³/mol. The molecule has 0 aliphatic heterocycles. The monoisotopic (exact) mass is 426 g/mol. The predicted octanol–water partition coefficient (Wildman–Crippen LogP) is 3.99. The molecule has 2 aromatic carbocycles. The molecule has 5 rings (SSSR count). The Labute approximate surface area is 184 Å². The highest BCUT2D eigenvalue weighted by molar-refractivity contribution is 6.04. The van der Waals surface area contributed by atoms with Crippen LogP contribution in [0.25, 0.3) is 22.6 Å². The molecule has 0 fully saturated rings. The molecule has 0 spiro atoms. The highest BCUT2D eigenvalue weighted by Crippen LogP contribution is 2.39. The molecular weight excluding hydrogens is 404 g/mol. The van der Waals surface area contributed by atoms with Gasteiger partial charge in [0.25, 0.3) is 0 Å². The molecule has 0 saturated carbocycles. The van der Waals surface area contributed by atoms with Gasteiger partial charge in [0.05, 0.1) is 35.8 Å². The number of para-hydroxylation sites is 1. The van der Waals surface area contributed by atoms with Crippen LogP contribution >= 0.6 is 0 Å². The zero-order valence-electron chi connectivity index (χ0n) is 17.6. The van der Waals surface area contributed by atoms with Crippen LogP contribution in [0.1, 0.15) is 27.3 Å². The van der Waals surface area contributed by atoms with Crippen molar-refractivity contribution < 1.29 is 15.0 Å². The number of anilines is 2. The lowest BCUT2D eigenvalue weighted by molar-refractivity contribution is 0.0695. The number of pyridine rings is 1. The van der Waals surface area contributed by atoms with E-state index in [1.165, 1.54) is 12.3 Å². The highest BCUT2D eigenvalue weighted by atomic mass is 16.4. The highest BCUT2D eigenvalue weighted by Gasteiger charge is 2.26. The summed E-state index contributed by atoms with van der Waals surface area (Å²) in [7, 11) is 2.00. The van der Waals surface area contributed by atoms with E-state index >= 15 is 0 Å². The lowest BCUT2D eigenvalue weighted by Gasteiger charge is -2.19. The van der Waals surface area contributed by atoms with E-state index in [1.54, 1.807) is 0 Å². The van der Waals surface area contributed by atoms with Crippen molar-refractivity contribution in [3.63, 3.8) is 0 Å². The summed E-state index contributed by atoms with van der Waals surface area (Å²) in [6, 6.07) is 17.6. The van der Waals surface area contributed by atoms with E-state index in [2.05, 4.69) is 9.88 Å². The second kappa shape index (κ2) is 7.94. The topological polar surface area (TPSA) is 91.5 Å². The number of hydrogen-bond acceptors (Lipinski definition) is 5. The van der Waals surface area contributed by atoms with Crippen molar-refractivity contribution in [1.29, 1.82) is 0 Å². The van der Waals surface area contributed by atoms with Crippen molar-refractivity contribution in [2.24, 2.45) is 0 Å². The van der Waals surface area contributed by atoms with Gasteiger partial charge < -0.3 is 15.1 Å². The van der Waals surface area contributed by atoms with Crippen LogP contribution in [0.4, 0.5) is 11.4 Å². The summed E-state index contributed by atoms with van der Waals surface area (Å²) in [6.07, 6.45) is 3.91. The van der Waals surface area contributed by atoms with Crippen LogP contribution in [-0.2, 0) is 13.0 Å². The number of fused-ring (bicyclic) bond motifs is 2. The number of nitrogens with zero attached hydrogens (tertiary/aromatic N) is 4. The third-order valence-corrected chi connectivity index (χ3v) is 5.87. The third kappa shape index (κ3) is 3.23. The van der Waals surface area contributed by atoms with Gasteiger partial charge in [0.1, 0.15) is 5.52 Å². The number of aromatic nitrogens is 3. The molecule has 0 radical (unpaired) electrons. The van der Waals surface area contributed by atoms with Crippen LogP contribution in [0, 0.1) is 0 Å². The SMILES string of the molecule is CN(c1ccccc1)c1cccc2c(C3=Cc4nccc(C(=O)O)c4C3)n(CCO)nc12. The van der Waals surface area contributed by atoms with Crippen LogP contribution in [0.5, 0.6) is 0 Å². The fourth-order valence-corrected chi connectivity index (χ4v) is 4.37. The largest absolute Gasteiger partial charge is 0.478 e. The minimum atomic E-state index is -0.959. The minimum Gasteiger partial charge on any atom is -0.478 e. The summed E-state index contributed by atoms with van der Waals surface area (Å²) >= 11 is 0. The van der Waals surface area contributed by atoms with Gasteiger partial charge in [0, 0.05) is 30.7 Å². The van der Waals surface area contributed by atoms with Crippen molar-refractivity contribution in [2.45, 2.75) is 13.0 Å². The number of rotatable bonds is 6. The number of aliphatic hydroxyl groups is 1. The number of benzene rings is 2. The normalized spacial score (nSPS) is 12.6. The van der Waals surface area contributed by atoms with E-state index < -0.39 is 5.97 Å². The molecular formula is C25H22N4O3. The van der Waals surface area contributed by atoms with Gasteiger partial charge in [0.15, 0.2) is 0 Å². The van der Waals surface area contributed by atoms with Crippen LogP contribution in [-0.4, -0.2) is 44.6 Å². The first-order chi connectivity index (χ1) is 15.6. The van der Waals surface area contributed by atoms with E-state index in [4.69, 9.17) is 5.10 Å². The van der Waals surface area contributed by atoms with Crippen LogP contribution in [0.3, 0.4) is 0 Å². The second-order valence-electron chi connectivity index (χ2n) is 7.74. The smallest absolute Gasteiger partial charge is 0.336 e. The van der Waals surface area contributed by atoms with Gasteiger partial charge >= 0.3 is 5.97 Å². The number of allylic oxidation sites excluding steroid dienone is 1. The molecule has 1 aliphatic carbocycles. The minimum absolute atomic E-state index is 0.0519. The summed E-state index contributed by atoms with van der Waals surface area (Å²) in [5.41, 5.74) is 6.28. The number of hydrogen-bond donors (Lipinski definition) is 2. The van der Waals surface area contributed by atoms with Crippen molar-refractivity contribution in [3.8, 4) is 0 Å². The van der Waals surface area contributed by atoms with Gasteiger partial charge in [-0.2, -0.15) is 5.10 Å². The Balaban J connectivity index is 1.65. The molecule has 2 aromatic heterocycles. The van der Waals surface area contributed by atoms with Gasteiger partial charge in [-0.1, -0.05) is 30.3 Å². The Hall–Kier alpha value is -3.97. The quantitative estimate of drug-likeness (QED) is 0.485. The molecule has 0 atom stereocenters. The Bertz CT molecular complexity index is 1360. The molecule has 32 heavy (non-hydrogen) atoms. The van der Waals surface area contributed by atoms with Gasteiger partial charge in [0.2, 0.25) is 0 Å². The van der Waals surface area contributed by atoms with Crippen molar-refractivity contribution in [2.75, 3.05) is 18.6 Å². The van der Waals surface area contributed by atoms with Crippen molar-refractivity contribution >= 4 is 39.9 Å². The Kier molecular flexibility index (Phi) is 4.95. The first-order valence-corrected chi connectivity index (χ1v) is 10.4. The first-order valence-electron chi connectivity index (χ1n) is 10.4. The Morgan fingerprint density at radius 2 is 1.94 bits per heavy atom. The number of aliphatic hydroxyl groups excluding tert-OH is 1. The van der Waals surface area contributed by atoms with E-state index in [-0.39, 0.29) is 12.2 Å². The number of aromatic carboxylic acids is 1. The average Bonchev–Trinajstić information content (AvgIpc) is 3.39. The van der Waals surface area contributed by atoms with Crippen LogP contribution in [0.15, 0.2) is 60.8 Å². The molecule has 2 heterocycles. The van der Waals surface area contributed by atoms with Crippen LogP contribution < -0.4 is 4.90 Å². The van der Waals surface area contributed by atoms with Crippen LogP contribution in [0.2, 0.25) is 0 Å². The lowest BCUT2D eigenvalue weighted by atomic mass is 10.0. The Morgan fingerprint density at radius 1 is 1.12 bits per heavy atom. The standard InChI is InChI=1S/C25H22N4O3/c1-28(17-6-3-2-4-7-17)22-9-5-8-19-23(22)27-29(12-13-30)24(19)16-14-20-18(25(31)32)10-11-26-21(20)15-16/h2-11,15,30H,12-14H2,1H3,(H,31,32). The molecule has 0 amide bonds. The summed E-state index contributed by atoms with van der Waals surface area (Å²) in [4.78, 5) is 18.1. The molecule has 0 bridgehead atoms. The van der Waals surface area contributed by atoms with Gasteiger partial charge in [-0.05, 0) is 41.5 Å². The molecule has 160 valence electrons. The van der Waals surface area contributed by atoms with E-state index in [9.17, 15) is 15.0 Å². The Morgan fingerprint density at radius 3 is 2.69 bits per heavy atom. The van der Waals surface area contributed by atoms with E-state index in [0.717, 1.165) is 33.5 Å². The molecule has 1 aliphatic rings. The molecule has 0 unspecified atom stereocenters. The van der Waals surface area contributed by atoms with E-state index in [1.807, 2.05) is 66.3 Å². The first kappa shape index (κ1) is 20.0. The fraction of sp³-hybridized carbons (Fsp3) is 0.160. The molecule has 7 heteroatoms. The number of carbonyl (C=O) groups is 1. The van der Waals surface area contributed by atoms with E-state index in [0.29, 0.717) is 24.2 Å². The molecule has 4 aromatic rings. The molecule has 2 N–H and O–H groups in total. The van der Waals surface area contributed by atoms with Gasteiger partial charge in [-0.15, -0.1) is 0 Å². The average molecular weight is 426 g/mol. The number of carboxylic acids is 1. The van der Waals surface area contributed by atoms with Crippen molar-refractivity contribution in [1.82, 2.24) is 14.8 Å². The third-order valence-electron chi connectivity index (χ3n) is 5.87. The zero-order valence-corrected chi connectivity index (χ0v) is 17.6. The molecule has 7 nitrogen and oxygen atoms in total. The molecule has 0 saturated heterocycles. The van der Waals surface area contributed by atoms with Gasteiger partial charge in [-0.3, -0.25) is 9.67 Å². The van der Waals surface area contributed by atoms with Crippen molar-refractivity contribution in [3.05, 3.63) is 83.3 Å².